The Hall–Kier alpha value is -1.50. The highest BCUT2D eigenvalue weighted by Crippen LogP contribution is 2.23. The molecular formula is C15H19N. The lowest BCUT2D eigenvalue weighted by Crippen LogP contribution is -1.82. The standard InChI is InChI=1S/C15H19N/c1-3-5-8-12(4-2)15-11-13-9-6-7-10-14(13)16-15/h6-11,16H,3-5H2,1-2H3. The average molecular weight is 213 g/mol. The van der Waals surface area contributed by atoms with Crippen molar-refractivity contribution in [3.05, 3.63) is 42.1 Å². The van der Waals surface area contributed by atoms with Gasteiger partial charge in [-0.1, -0.05) is 44.5 Å². The van der Waals surface area contributed by atoms with Crippen molar-refractivity contribution in [2.75, 3.05) is 0 Å². The minimum Gasteiger partial charge on any atom is -0.355 e. The number of H-pyrrole nitrogens is 1. The summed E-state index contributed by atoms with van der Waals surface area (Å²) in [5, 5.41) is 1.30. The minimum absolute atomic E-state index is 1.09. The van der Waals surface area contributed by atoms with Gasteiger partial charge in [0.1, 0.15) is 0 Å². The predicted octanol–water partition coefficient (Wildman–Crippen LogP) is 4.76. The van der Waals surface area contributed by atoms with Crippen LogP contribution in [-0.2, 0) is 0 Å². The molecule has 2 rings (SSSR count). The van der Waals surface area contributed by atoms with Gasteiger partial charge in [0.25, 0.3) is 0 Å². The molecule has 1 heteroatoms. The number of aromatic amines is 1. The van der Waals surface area contributed by atoms with Gasteiger partial charge in [0.05, 0.1) is 0 Å². The highest BCUT2D eigenvalue weighted by Gasteiger charge is 2.03. The van der Waals surface area contributed by atoms with Gasteiger partial charge >= 0.3 is 0 Å². The quantitative estimate of drug-likeness (QED) is 0.753. The van der Waals surface area contributed by atoms with Gasteiger partial charge in [0, 0.05) is 11.2 Å². The SMILES string of the molecule is CCCC=C(CC)c1cc2ccccc2[nH]1. The summed E-state index contributed by atoms with van der Waals surface area (Å²) in [6.45, 7) is 4.43. The Morgan fingerprint density at radius 3 is 2.75 bits per heavy atom. The second-order valence-corrected chi connectivity index (χ2v) is 4.14. The summed E-state index contributed by atoms with van der Waals surface area (Å²) in [5.74, 6) is 0. The Labute approximate surface area is 97.2 Å². The summed E-state index contributed by atoms with van der Waals surface area (Å²) in [5.41, 5.74) is 3.93. The van der Waals surface area contributed by atoms with E-state index in [0.29, 0.717) is 0 Å². The highest BCUT2D eigenvalue weighted by atomic mass is 14.7. The van der Waals surface area contributed by atoms with Crippen LogP contribution in [0.4, 0.5) is 0 Å². The maximum atomic E-state index is 3.49. The number of benzene rings is 1. The van der Waals surface area contributed by atoms with Gasteiger partial charge in [0.2, 0.25) is 0 Å². The molecule has 0 fully saturated rings. The van der Waals surface area contributed by atoms with Crippen LogP contribution in [0.5, 0.6) is 0 Å². The topological polar surface area (TPSA) is 15.8 Å². The molecule has 0 aliphatic heterocycles. The van der Waals surface area contributed by atoms with E-state index in [4.69, 9.17) is 0 Å². The van der Waals surface area contributed by atoms with Gasteiger partial charge in [-0.15, -0.1) is 0 Å². The number of hydrogen-bond acceptors (Lipinski definition) is 0. The number of para-hydroxylation sites is 1. The second-order valence-electron chi connectivity index (χ2n) is 4.14. The van der Waals surface area contributed by atoms with Crippen LogP contribution in [0.15, 0.2) is 36.4 Å². The molecule has 0 atom stereocenters. The first-order valence-corrected chi connectivity index (χ1v) is 6.12. The number of allylic oxidation sites excluding steroid dienone is 2. The van der Waals surface area contributed by atoms with Crippen LogP contribution in [-0.4, -0.2) is 4.98 Å². The Balaban J connectivity index is 2.38. The first kappa shape index (κ1) is 11.0. The summed E-state index contributed by atoms with van der Waals surface area (Å²) in [6, 6.07) is 10.7. The lowest BCUT2D eigenvalue weighted by atomic mass is 10.1. The van der Waals surface area contributed by atoms with Crippen LogP contribution >= 0.6 is 0 Å². The van der Waals surface area contributed by atoms with Crippen molar-refractivity contribution in [3.8, 4) is 0 Å². The summed E-state index contributed by atoms with van der Waals surface area (Å²) in [4.78, 5) is 3.49. The molecule has 0 aliphatic carbocycles. The van der Waals surface area contributed by atoms with Crippen molar-refractivity contribution >= 4 is 16.5 Å². The Kier molecular flexibility index (Phi) is 3.45. The summed E-state index contributed by atoms with van der Waals surface area (Å²) in [6.07, 6.45) is 5.82. The van der Waals surface area contributed by atoms with Gasteiger partial charge in [-0.3, -0.25) is 0 Å². The monoisotopic (exact) mass is 213 g/mol. The molecule has 0 radical (unpaired) electrons. The van der Waals surface area contributed by atoms with E-state index >= 15 is 0 Å². The lowest BCUT2D eigenvalue weighted by Gasteiger charge is -2.00. The fourth-order valence-electron chi connectivity index (χ4n) is 2.01. The summed E-state index contributed by atoms with van der Waals surface area (Å²) in [7, 11) is 0. The number of hydrogen-bond donors (Lipinski definition) is 1. The molecule has 0 amide bonds. The smallest absolute Gasteiger partial charge is 0.0458 e. The van der Waals surface area contributed by atoms with Crippen LogP contribution in [0.2, 0.25) is 0 Å². The molecular weight excluding hydrogens is 194 g/mol. The maximum absolute atomic E-state index is 3.49. The Morgan fingerprint density at radius 1 is 1.25 bits per heavy atom. The first-order chi connectivity index (χ1) is 7.85. The van der Waals surface area contributed by atoms with Crippen LogP contribution in [0, 0.1) is 0 Å². The zero-order valence-corrected chi connectivity index (χ0v) is 10.1. The van der Waals surface area contributed by atoms with E-state index in [1.807, 2.05) is 0 Å². The molecule has 1 N–H and O–H groups in total. The fourth-order valence-corrected chi connectivity index (χ4v) is 2.01. The van der Waals surface area contributed by atoms with Gasteiger partial charge in [-0.2, -0.15) is 0 Å². The van der Waals surface area contributed by atoms with Gasteiger partial charge in [-0.05, 0) is 35.9 Å². The third-order valence-electron chi connectivity index (χ3n) is 2.94. The molecule has 0 saturated carbocycles. The molecule has 1 nitrogen and oxygen atoms in total. The van der Waals surface area contributed by atoms with Crippen molar-refractivity contribution in [2.24, 2.45) is 0 Å². The fraction of sp³-hybridized carbons (Fsp3) is 0.333. The molecule has 1 aromatic carbocycles. The van der Waals surface area contributed by atoms with Gasteiger partial charge in [0.15, 0.2) is 0 Å². The van der Waals surface area contributed by atoms with E-state index in [-0.39, 0.29) is 0 Å². The number of unbranched alkanes of at least 4 members (excludes halogenated alkanes) is 1. The number of nitrogens with one attached hydrogen (secondary N) is 1. The summed E-state index contributed by atoms with van der Waals surface area (Å²) < 4.78 is 0. The molecule has 16 heavy (non-hydrogen) atoms. The normalized spacial score (nSPS) is 12.2. The highest BCUT2D eigenvalue weighted by molar-refractivity contribution is 5.84. The Morgan fingerprint density at radius 2 is 2.06 bits per heavy atom. The molecule has 1 aromatic heterocycles. The van der Waals surface area contributed by atoms with Crippen molar-refractivity contribution in [2.45, 2.75) is 33.1 Å². The van der Waals surface area contributed by atoms with E-state index in [2.05, 4.69) is 55.2 Å². The summed E-state index contributed by atoms with van der Waals surface area (Å²) >= 11 is 0. The zero-order valence-electron chi connectivity index (χ0n) is 10.1. The predicted molar refractivity (Wildman–Crippen MR) is 71.5 cm³/mol. The third kappa shape index (κ3) is 2.19. The van der Waals surface area contributed by atoms with Gasteiger partial charge in [-0.25, -0.2) is 0 Å². The van der Waals surface area contributed by atoms with Crippen molar-refractivity contribution in [1.29, 1.82) is 0 Å². The largest absolute Gasteiger partial charge is 0.355 e. The second kappa shape index (κ2) is 5.02. The molecule has 0 spiro atoms. The number of aromatic nitrogens is 1. The van der Waals surface area contributed by atoms with Crippen LogP contribution in [0.25, 0.3) is 16.5 Å². The molecule has 1 heterocycles. The third-order valence-corrected chi connectivity index (χ3v) is 2.94. The van der Waals surface area contributed by atoms with E-state index in [9.17, 15) is 0 Å². The van der Waals surface area contributed by atoms with Crippen LogP contribution in [0.1, 0.15) is 38.8 Å². The molecule has 0 bridgehead atoms. The molecule has 0 saturated heterocycles. The van der Waals surface area contributed by atoms with Gasteiger partial charge < -0.3 is 4.98 Å². The van der Waals surface area contributed by atoms with E-state index in [1.54, 1.807) is 0 Å². The van der Waals surface area contributed by atoms with Crippen molar-refractivity contribution < 1.29 is 0 Å². The molecule has 0 unspecified atom stereocenters. The van der Waals surface area contributed by atoms with E-state index < -0.39 is 0 Å². The number of fused-ring (bicyclic) bond motifs is 1. The average Bonchev–Trinajstić information content (AvgIpc) is 2.73. The zero-order chi connectivity index (χ0) is 11.4. The van der Waals surface area contributed by atoms with Crippen molar-refractivity contribution in [1.82, 2.24) is 4.98 Å². The Bertz CT molecular complexity index is 458. The number of rotatable bonds is 4. The van der Waals surface area contributed by atoms with Crippen molar-refractivity contribution in [3.63, 3.8) is 0 Å². The van der Waals surface area contributed by atoms with Crippen LogP contribution in [0.3, 0.4) is 0 Å². The van der Waals surface area contributed by atoms with E-state index in [0.717, 1.165) is 6.42 Å². The minimum atomic E-state index is 1.09. The lowest BCUT2D eigenvalue weighted by molar-refractivity contribution is 0.954. The first-order valence-electron chi connectivity index (χ1n) is 6.12. The van der Waals surface area contributed by atoms with Crippen LogP contribution < -0.4 is 0 Å². The molecule has 84 valence electrons. The van der Waals surface area contributed by atoms with E-state index in [1.165, 1.54) is 35.0 Å². The molecule has 0 aliphatic rings. The molecule has 2 aromatic rings. The maximum Gasteiger partial charge on any atom is 0.0458 e.